The monoisotopic (exact) mass is 226 g/mol. The Kier molecular flexibility index (Phi) is 5.26. The molecule has 3 atom stereocenters. The van der Waals surface area contributed by atoms with Gasteiger partial charge in [-0.2, -0.15) is 0 Å². The predicted octanol–water partition coefficient (Wildman–Crippen LogP) is 1.93. The summed E-state index contributed by atoms with van der Waals surface area (Å²) in [6.45, 7) is 9.48. The molecule has 3 heteroatoms. The summed E-state index contributed by atoms with van der Waals surface area (Å²) in [5.74, 6) is 1.04. The number of rotatable bonds is 4. The van der Waals surface area contributed by atoms with Gasteiger partial charge in [0.05, 0.1) is 5.92 Å². The van der Waals surface area contributed by atoms with Crippen LogP contribution in [-0.4, -0.2) is 24.5 Å². The second-order valence-electron chi connectivity index (χ2n) is 5.62. The number of hydrogen-bond donors (Lipinski definition) is 2. The van der Waals surface area contributed by atoms with E-state index in [2.05, 4.69) is 38.3 Å². The van der Waals surface area contributed by atoms with E-state index in [9.17, 15) is 4.79 Å². The average Bonchev–Trinajstić information content (AvgIpc) is 2.16. The van der Waals surface area contributed by atoms with Gasteiger partial charge in [-0.25, -0.2) is 0 Å². The lowest BCUT2D eigenvalue weighted by Gasteiger charge is -2.28. The highest BCUT2D eigenvalue weighted by Crippen LogP contribution is 2.15. The smallest absolute Gasteiger partial charge is 0.224 e. The second-order valence-corrected chi connectivity index (χ2v) is 5.62. The van der Waals surface area contributed by atoms with Gasteiger partial charge in [0.15, 0.2) is 0 Å². The van der Waals surface area contributed by atoms with Gasteiger partial charge >= 0.3 is 0 Å². The molecule has 0 aliphatic carbocycles. The molecule has 0 aromatic carbocycles. The van der Waals surface area contributed by atoms with Crippen LogP contribution in [0.25, 0.3) is 0 Å². The molecular weight excluding hydrogens is 200 g/mol. The van der Waals surface area contributed by atoms with Crippen molar-refractivity contribution in [3.8, 4) is 0 Å². The molecule has 1 saturated heterocycles. The minimum Gasteiger partial charge on any atom is -0.353 e. The summed E-state index contributed by atoms with van der Waals surface area (Å²) in [6.07, 6.45) is 3.19. The Morgan fingerprint density at radius 3 is 2.56 bits per heavy atom. The Hall–Kier alpha value is -0.570. The van der Waals surface area contributed by atoms with Crippen molar-refractivity contribution in [3.05, 3.63) is 0 Å². The minimum absolute atomic E-state index is 0.172. The molecule has 1 aliphatic rings. The summed E-state index contributed by atoms with van der Waals surface area (Å²) in [5, 5.41) is 6.48. The Labute approximate surface area is 99.4 Å². The van der Waals surface area contributed by atoms with Crippen LogP contribution in [0.15, 0.2) is 0 Å². The van der Waals surface area contributed by atoms with Crippen molar-refractivity contribution in [2.75, 3.05) is 6.54 Å². The number of carbonyl (C=O) groups is 1. The largest absolute Gasteiger partial charge is 0.353 e. The van der Waals surface area contributed by atoms with E-state index in [4.69, 9.17) is 0 Å². The van der Waals surface area contributed by atoms with Crippen LogP contribution in [0.5, 0.6) is 0 Å². The van der Waals surface area contributed by atoms with E-state index in [0.29, 0.717) is 18.0 Å². The van der Waals surface area contributed by atoms with Crippen LogP contribution in [0.4, 0.5) is 0 Å². The third kappa shape index (κ3) is 4.52. The molecular formula is C13H26N2O. The molecule has 3 unspecified atom stereocenters. The number of piperidine rings is 1. The average molecular weight is 226 g/mol. The van der Waals surface area contributed by atoms with Gasteiger partial charge in [0, 0.05) is 18.6 Å². The third-order valence-corrected chi connectivity index (χ3v) is 3.25. The first-order valence-corrected chi connectivity index (χ1v) is 6.52. The molecule has 94 valence electrons. The van der Waals surface area contributed by atoms with Crippen molar-refractivity contribution in [2.45, 2.75) is 59.0 Å². The maximum absolute atomic E-state index is 11.9. The second kappa shape index (κ2) is 6.24. The van der Waals surface area contributed by atoms with Gasteiger partial charge in [-0.3, -0.25) is 4.79 Å². The lowest BCUT2D eigenvalue weighted by Crippen LogP contribution is -2.46. The predicted molar refractivity (Wildman–Crippen MR) is 67.2 cm³/mol. The lowest BCUT2D eigenvalue weighted by molar-refractivity contribution is -0.126. The van der Waals surface area contributed by atoms with Crippen molar-refractivity contribution in [1.82, 2.24) is 10.6 Å². The van der Waals surface area contributed by atoms with Gasteiger partial charge in [0.1, 0.15) is 0 Å². The fraction of sp³-hybridized carbons (Fsp3) is 0.923. The first-order valence-electron chi connectivity index (χ1n) is 6.52. The zero-order chi connectivity index (χ0) is 12.1. The minimum atomic E-state index is 0.172. The highest BCUT2D eigenvalue weighted by molar-refractivity contribution is 5.79. The molecule has 0 radical (unpaired) electrons. The molecule has 3 nitrogen and oxygen atoms in total. The fourth-order valence-corrected chi connectivity index (χ4v) is 2.35. The first-order chi connectivity index (χ1) is 7.49. The quantitative estimate of drug-likeness (QED) is 0.769. The normalized spacial score (nSPS) is 27.8. The highest BCUT2D eigenvalue weighted by atomic mass is 16.1. The van der Waals surface area contributed by atoms with Gasteiger partial charge in [-0.05, 0) is 39.0 Å². The van der Waals surface area contributed by atoms with E-state index in [1.54, 1.807) is 0 Å². The summed E-state index contributed by atoms with van der Waals surface area (Å²) < 4.78 is 0. The zero-order valence-corrected chi connectivity index (χ0v) is 11.0. The highest BCUT2D eigenvalue weighted by Gasteiger charge is 2.24. The molecule has 0 aromatic heterocycles. The zero-order valence-electron chi connectivity index (χ0n) is 11.0. The van der Waals surface area contributed by atoms with E-state index in [0.717, 1.165) is 25.8 Å². The molecule has 1 fully saturated rings. The van der Waals surface area contributed by atoms with Crippen molar-refractivity contribution in [2.24, 2.45) is 11.8 Å². The molecule has 16 heavy (non-hydrogen) atoms. The molecule has 0 bridgehead atoms. The van der Waals surface area contributed by atoms with Crippen molar-refractivity contribution in [1.29, 1.82) is 0 Å². The van der Waals surface area contributed by atoms with E-state index in [1.807, 2.05) is 0 Å². The molecule has 1 aliphatic heterocycles. The van der Waals surface area contributed by atoms with Gasteiger partial charge in [-0.15, -0.1) is 0 Å². The van der Waals surface area contributed by atoms with Gasteiger partial charge in [0.2, 0.25) is 5.91 Å². The summed E-state index contributed by atoms with van der Waals surface area (Å²) in [5.41, 5.74) is 0. The fourth-order valence-electron chi connectivity index (χ4n) is 2.35. The van der Waals surface area contributed by atoms with Crippen molar-refractivity contribution >= 4 is 5.91 Å². The number of carbonyl (C=O) groups excluding carboxylic acids is 1. The Morgan fingerprint density at radius 2 is 2.06 bits per heavy atom. The lowest BCUT2D eigenvalue weighted by atomic mass is 9.94. The van der Waals surface area contributed by atoms with Crippen LogP contribution in [-0.2, 0) is 4.79 Å². The Morgan fingerprint density at radius 1 is 1.38 bits per heavy atom. The van der Waals surface area contributed by atoms with Crippen LogP contribution in [0.3, 0.4) is 0 Å². The maximum atomic E-state index is 11.9. The molecule has 1 rings (SSSR count). The van der Waals surface area contributed by atoms with E-state index >= 15 is 0 Å². The van der Waals surface area contributed by atoms with E-state index in [1.165, 1.54) is 0 Å². The van der Waals surface area contributed by atoms with Crippen LogP contribution < -0.4 is 10.6 Å². The SMILES string of the molecule is CC(C)CC(C)NC(=O)C1CCC(C)NC1. The maximum Gasteiger partial charge on any atom is 0.224 e. The summed E-state index contributed by atoms with van der Waals surface area (Å²) in [4.78, 5) is 11.9. The molecule has 0 saturated carbocycles. The molecule has 1 heterocycles. The summed E-state index contributed by atoms with van der Waals surface area (Å²) >= 11 is 0. The molecule has 1 amide bonds. The van der Waals surface area contributed by atoms with Gasteiger partial charge < -0.3 is 10.6 Å². The topological polar surface area (TPSA) is 41.1 Å². The van der Waals surface area contributed by atoms with Crippen LogP contribution in [0.2, 0.25) is 0 Å². The Balaban J connectivity index is 2.29. The number of nitrogens with one attached hydrogen (secondary N) is 2. The first kappa shape index (κ1) is 13.5. The van der Waals surface area contributed by atoms with E-state index in [-0.39, 0.29) is 11.8 Å². The number of amides is 1. The van der Waals surface area contributed by atoms with Crippen LogP contribution >= 0.6 is 0 Å². The van der Waals surface area contributed by atoms with Crippen molar-refractivity contribution < 1.29 is 4.79 Å². The molecule has 0 aromatic rings. The van der Waals surface area contributed by atoms with Crippen LogP contribution in [0, 0.1) is 11.8 Å². The van der Waals surface area contributed by atoms with Crippen molar-refractivity contribution in [3.63, 3.8) is 0 Å². The van der Waals surface area contributed by atoms with E-state index < -0.39 is 0 Å². The molecule has 2 N–H and O–H groups in total. The van der Waals surface area contributed by atoms with Crippen LogP contribution in [0.1, 0.15) is 47.0 Å². The van der Waals surface area contributed by atoms with Gasteiger partial charge in [-0.1, -0.05) is 13.8 Å². The molecule has 0 spiro atoms. The van der Waals surface area contributed by atoms with Gasteiger partial charge in [0.25, 0.3) is 0 Å². The number of hydrogen-bond acceptors (Lipinski definition) is 2. The standard InChI is InChI=1S/C13H26N2O/c1-9(2)7-11(4)15-13(16)12-6-5-10(3)14-8-12/h9-12,14H,5-8H2,1-4H3,(H,15,16). The summed E-state index contributed by atoms with van der Waals surface area (Å²) in [6, 6.07) is 0.865. The Bertz CT molecular complexity index is 220. The third-order valence-electron chi connectivity index (χ3n) is 3.25. The summed E-state index contributed by atoms with van der Waals surface area (Å²) in [7, 11) is 0.